The second-order valence-corrected chi connectivity index (χ2v) is 11.3. The number of rotatable bonds is 0. The van der Waals surface area contributed by atoms with Crippen LogP contribution in [0.2, 0.25) is 13.1 Å². The molecule has 0 saturated heterocycles. The van der Waals surface area contributed by atoms with Crippen molar-refractivity contribution in [2.24, 2.45) is 0 Å². The van der Waals surface area contributed by atoms with E-state index < -0.39 is 8.07 Å². The lowest BCUT2D eigenvalue weighted by molar-refractivity contribution is 1.68. The first-order valence-electron chi connectivity index (χ1n) is 6.91. The average Bonchev–Trinajstić information content (AvgIpc) is 2.65. The number of halogens is 1. The van der Waals surface area contributed by atoms with Gasteiger partial charge in [-0.3, -0.25) is 0 Å². The predicted octanol–water partition coefficient (Wildman–Crippen LogP) is 4.41. The van der Waals surface area contributed by atoms with Gasteiger partial charge in [0.1, 0.15) is 8.07 Å². The van der Waals surface area contributed by atoms with E-state index in [4.69, 9.17) is 0 Å². The smallest absolute Gasteiger partial charge is 0.0616 e. The van der Waals surface area contributed by atoms with Crippen molar-refractivity contribution >= 4 is 45.1 Å². The van der Waals surface area contributed by atoms with E-state index in [0.717, 1.165) is 0 Å². The van der Waals surface area contributed by atoms with Gasteiger partial charge in [0.25, 0.3) is 0 Å². The minimum Gasteiger partial charge on any atom is -0.0616 e. The monoisotopic (exact) mass is 338 g/mol. The van der Waals surface area contributed by atoms with Gasteiger partial charge in [0.2, 0.25) is 0 Å². The van der Waals surface area contributed by atoms with E-state index in [1.54, 1.807) is 10.4 Å². The van der Waals surface area contributed by atoms with Crippen molar-refractivity contribution in [3.05, 3.63) is 59.1 Å². The fourth-order valence-electron chi connectivity index (χ4n) is 3.39. The summed E-state index contributed by atoms with van der Waals surface area (Å²) in [7, 11) is -1.56. The van der Waals surface area contributed by atoms with Crippen LogP contribution in [0, 0.1) is 0 Å². The Morgan fingerprint density at radius 1 is 0.750 bits per heavy atom. The van der Waals surface area contributed by atoms with Crippen molar-refractivity contribution in [2.75, 3.05) is 0 Å². The summed E-state index contributed by atoms with van der Waals surface area (Å²) >= 11 is 3.63. The molecule has 0 radical (unpaired) electrons. The van der Waals surface area contributed by atoms with Crippen LogP contribution in [0.4, 0.5) is 0 Å². The minimum atomic E-state index is -1.56. The highest BCUT2D eigenvalue weighted by Crippen LogP contribution is 2.32. The normalized spacial score (nSPS) is 15.2. The Morgan fingerprint density at radius 3 is 2.15 bits per heavy atom. The Hall–Kier alpha value is -1.38. The van der Waals surface area contributed by atoms with Gasteiger partial charge in [0.05, 0.1) is 0 Å². The molecule has 3 aromatic carbocycles. The van der Waals surface area contributed by atoms with Crippen LogP contribution in [0.25, 0.3) is 21.9 Å². The summed E-state index contributed by atoms with van der Waals surface area (Å²) in [5.41, 5.74) is 2.88. The standard InChI is InChI=1S/C18H15BrSi/c1-20(2)17-10-13-6-4-3-5-12(13)9-16(17)15-8-7-14(19)11-18(15)20/h3-11H,1-2H3. The van der Waals surface area contributed by atoms with Gasteiger partial charge in [-0.2, -0.15) is 0 Å². The molecular weight excluding hydrogens is 324 g/mol. The number of hydrogen-bond acceptors (Lipinski definition) is 0. The van der Waals surface area contributed by atoms with Crippen molar-refractivity contribution in [3.63, 3.8) is 0 Å². The molecule has 0 saturated carbocycles. The molecule has 0 unspecified atom stereocenters. The van der Waals surface area contributed by atoms with Crippen LogP contribution in [0.3, 0.4) is 0 Å². The van der Waals surface area contributed by atoms with E-state index in [0.29, 0.717) is 0 Å². The van der Waals surface area contributed by atoms with Crippen LogP contribution >= 0.6 is 15.9 Å². The molecule has 0 amide bonds. The second-order valence-electron chi connectivity index (χ2n) is 6.06. The van der Waals surface area contributed by atoms with Gasteiger partial charge in [0.15, 0.2) is 0 Å². The minimum absolute atomic E-state index is 1.19. The zero-order chi connectivity index (χ0) is 13.9. The molecule has 1 heterocycles. The van der Waals surface area contributed by atoms with E-state index in [-0.39, 0.29) is 0 Å². The molecule has 0 aromatic heterocycles. The Bertz CT molecular complexity index is 849. The largest absolute Gasteiger partial charge is 0.113 e. The molecule has 0 aliphatic carbocycles. The third-order valence-corrected chi connectivity index (χ3v) is 8.52. The lowest BCUT2D eigenvalue weighted by Gasteiger charge is -2.19. The third-order valence-electron chi connectivity index (χ3n) is 4.50. The van der Waals surface area contributed by atoms with Gasteiger partial charge in [-0.1, -0.05) is 65.4 Å². The lowest BCUT2D eigenvalue weighted by atomic mass is 10.0. The maximum absolute atomic E-state index is 3.63. The van der Waals surface area contributed by atoms with Crippen LogP contribution in [0.5, 0.6) is 0 Å². The molecule has 2 heteroatoms. The molecule has 0 nitrogen and oxygen atoms in total. The molecule has 0 bridgehead atoms. The molecular formula is C18H15BrSi. The summed E-state index contributed by atoms with van der Waals surface area (Å²) in [6.45, 7) is 4.91. The van der Waals surface area contributed by atoms with Crippen molar-refractivity contribution in [1.29, 1.82) is 0 Å². The SMILES string of the molecule is C[Si]1(C)c2cc(Br)ccc2-c2cc3ccccc3cc21. The molecule has 0 N–H and O–H groups in total. The first kappa shape index (κ1) is 12.4. The van der Waals surface area contributed by atoms with Crippen molar-refractivity contribution in [3.8, 4) is 11.1 Å². The lowest BCUT2D eigenvalue weighted by Crippen LogP contribution is -2.49. The van der Waals surface area contributed by atoms with E-state index in [1.807, 2.05) is 0 Å². The molecule has 4 rings (SSSR count). The second kappa shape index (κ2) is 4.06. The van der Waals surface area contributed by atoms with Crippen LogP contribution in [0.1, 0.15) is 0 Å². The molecule has 0 atom stereocenters. The molecule has 0 fully saturated rings. The van der Waals surface area contributed by atoms with Crippen LogP contribution in [-0.2, 0) is 0 Å². The van der Waals surface area contributed by atoms with Crippen LogP contribution in [-0.4, -0.2) is 8.07 Å². The number of hydrogen-bond donors (Lipinski definition) is 0. The van der Waals surface area contributed by atoms with Gasteiger partial charge in [0, 0.05) is 4.47 Å². The highest BCUT2D eigenvalue weighted by Gasteiger charge is 2.37. The van der Waals surface area contributed by atoms with Gasteiger partial charge in [-0.05, 0) is 50.5 Å². The number of fused-ring (bicyclic) bond motifs is 4. The van der Waals surface area contributed by atoms with E-state index >= 15 is 0 Å². The fourth-order valence-corrected chi connectivity index (χ4v) is 7.06. The van der Waals surface area contributed by atoms with E-state index in [1.165, 1.54) is 26.4 Å². The summed E-state index contributed by atoms with van der Waals surface area (Å²) in [6.07, 6.45) is 0. The molecule has 20 heavy (non-hydrogen) atoms. The van der Waals surface area contributed by atoms with Crippen LogP contribution < -0.4 is 10.4 Å². The predicted molar refractivity (Wildman–Crippen MR) is 93.8 cm³/mol. The van der Waals surface area contributed by atoms with Gasteiger partial charge in [-0.25, -0.2) is 0 Å². The van der Waals surface area contributed by atoms with E-state index in [9.17, 15) is 0 Å². The zero-order valence-electron chi connectivity index (χ0n) is 11.6. The highest BCUT2D eigenvalue weighted by atomic mass is 79.9. The third kappa shape index (κ3) is 1.58. The Morgan fingerprint density at radius 2 is 1.40 bits per heavy atom. The first-order valence-corrected chi connectivity index (χ1v) is 10.7. The van der Waals surface area contributed by atoms with Crippen LogP contribution in [0.15, 0.2) is 59.1 Å². The van der Waals surface area contributed by atoms with Gasteiger partial charge in [-0.15, -0.1) is 0 Å². The topological polar surface area (TPSA) is 0 Å². The summed E-state index contributed by atoms with van der Waals surface area (Å²) in [6, 6.07) is 20.2. The van der Waals surface area contributed by atoms with E-state index in [2.05, 4.69) is 83.6 Å². The molecule has 3 aromatic rings. The molecule has 0 spiro atoms. The van der Waals surface area contributed by atoms with Gasteiger partial charge >= 0.3 is 0 Å². The Kier molecular flexibility index (Phi) is 2.51. The van der Waals surface area contributed by atoms with Crippen molar-refractivity contribution in [1.82, 2.24) is 0 Å². The summed E-state index contributed by atoms with van der Waals surface area (Å²) < 4.78 is 1.19. The Balaban J connectivity index is 2.12. The molecule has 1 aliphatic rings. The van der Waals surface area contributed by atoms with Gasteiger partial charge < -0.3 is 0 Å². The maximum Gasteiger partial charge on any atom is 0.113 e. The van der Waals surface area contributed by atoms with Crippen molar-refractivity contribution in [2.45, 2.75) is 13.1 Å². The zero-order valence-corrected chi connectivity index (χ0v) is 14.2. The molecule has 98 valence electrons. The summed E-state index contributed by atoms with van der Waals surface area (Å²) in [4.78, 5) is 0. The summed E-state index contributed by atoms with van der Waals surface area (Å²) in [5, 5.41) is 5.83. The Labute approximate surface area is 128 Å². The average molecular weight is 339 g/mol. The first-order chi connectivity index (χ1) is 9.57. The summed E-state index contributed by atoms with van der Waals surface area (Å²) in [5.74, 6) is 0. The highest BCUT2D eigenvalue weighted by molar-refractivity contribution is 9.10. The van der Waals surface area contributed by atoms with Crippen molar-refractivity contribution < 1.29 is 0 Å². The maximum atomic E-state index is 3.63. The fraction of sp³-hybridized carbons (Fsp3) is 0.111. The quantitative estimate of drug-likeness (QED) is 0.533. The number of benzene rings is 3. The molecule has 1 aliphatic heterocycles.